The zero-order valence-electron chi connectivity index (χ0n) is 15.4. The van der Waals surface area contributed by atoms with Gasteiger partial charge in [0.15, 0.2) is 0 Å². The topological polar surface area (TPSA) is 89.9 Å². The molecule has 0 aliphatic heterocycles. The first-order valence-corrected chi connectivity index (χ1v) is 10.6. The third-order valence-corrected chi connectivity index (χ3v) is 5.50. The van der Waals surface area contributed by atoms with Crippen LogP contribution in [0.3, 0.4) is 0 Å². The lowest BCUT2D eigenvalue weighted by atomic mass is 10.2. The number of hydrogen-bond donors (Lipinski definition) is 1. The van der Waals surface area contributed by atoms with Crippen molar-refractivity contribution in [2.24, 2.45) is 0 Å². The van der Waals surface area contributed by atoms with Crippen LogP contribution in [-0.2, 0) is 23.6 Å². The molecule has 0 amide bonds. The third kappa shape index (κ3) is 13.6. The maximum Gasteiger partial charge on any atom is 0.333 e. The Morgan fingerprint density at radius 1 is 0.800 bits per heavy atom. The van der Waals surface area contributed by atoms with E-state index in [2.05, 4.69) is 13.2 Å². The number of carbonyl (C=O) groups is 2. The second kappa shape index (κ2) is 12.9. The van der Waals surface area contributed by atoms with Crippen molar-refractivity contribution in [2.75, 3.05) is 25.5 Å². The number of rotatable bonds is 14. The molecule has 0 heterocycles. The van der Waals surface area contributed by atoms with E-state index in [9.17, 15) is 19.0 Å². The molecule has 7 heteroatoms. The minimum atomic E-state index is -3.10. The predicted octanol–water partition coefficient (Wildman–Crippen LogP) is 3.84. The van der Waals surface area contributed by atoms with E-state index in [1.807, 2.05) is 0 Å². The van der Waals surface area contributed by atoms with Gasteiger partial charge in [-0.3, -0.25) is 4.57 Å². The molecule has 0 radical (unpaired) electrons. The van der Waals surface area contributed by atoms with Gasteiger partial charge in [0.05, 0.1) is 13.2 Å². The van der Waals surface area contributed by atoms with Gasteiger partial charge >= 0.3 is 11.9 Å². The lowest BCUT2D eigenvalue weighted by Gasteiger charge is -2.11. The van der Waals surface area contributed by atoms with Gasteiger partial charge in [0.25, 0.3) is 0 Å². The van der Waals surface area contributed by atoms with Crippen LogP contribution in [0.15, 0.2) is 24.3 Å². The molecular formula is C18H31O6P. The van der Waals surface area contributed by atoms with Gasteiger partial charge in [-0.15, -0.1) is 0 Å². The largest absolute Gasteiger partial charge is 0.462 e. The van der Waals surface area contributed by atoms with Gasteiger partial charge in [-0.1, -0.05) is 13.2 Å². The molecule has 0 aliphatic rings. The summed E-state index contributed by atoms with van der Waals surface area (Å²) in [6.07, 6.45) is 4.66. The van der Waals surface area contributed by atoms with Gasteiger partial charge in [-0.05, 0) is 52.4 Å². The molecule has 0 saturated heterocycles. The molecule has 0 atom stereocenters. The predicted molar refractivity (Wildman–Crippen MR) is 98.8 cm³/mol. The van der Waals surface area contributed by atoms with Gasteiger partial charge in [-0.2, -0.15) is 0 Å². The molecule has 0 aromatic rings. The smallest absolute Gasteiger partial charge is 0.333 e. The summed E-state index contributed by atoms with van der Waals surface area (Å²) in [4.78, 5) is 32.2. The molecule has 144 valence electrons. The van der Waals surface area contributed by atoms with Gasteiger partial charge < -0.3 is 14.4 Å². The van der Waals surface area contributed by atoms with Crippen LogP contribution in [0.25, 0.3) is 0 Å². The zero-order valence-corrected chi connectivity index (χ0v) is 16.3. The molecule has 0 spiro atoms. The van der Waals surface area contributed by atoms with Gasteiger partial charge in [0, 0.05) is 23.5 Å². The summed E-state index contributed by atoms with van der Waals surface area (Å²) in [7, 11) is -3.10. The van der Waals surface area contributed by atoms with Crippen LogP contribution in [0.2, 0.25) is 0 Å². The first-order valence-electron chi connectivity index (χ1n) is 8.62. The van der Waals surface area contributed by atoms with Crippen LogP contribution in [-0.4, -0.2) is 42.4 Å². The monoisotopic (exact) mass is 374 g/mol. The molecule has 0 fully saturated rings. The van der Waals surface area contributed by atoms with E-state index in [4.69, 9.17) is 9.47 Å². The Labute approximate surface area is 150 Å². The average molecular weight is 374 g/mol. The Hall–Kier alpha value is -1.39. The van der Waals surface area contributed by atoms with Crippen molar-refractivity contribution >= 4 is 19.3 Å². The molecule has 0 aromatic carbocycles. The molecular weight excluding hydrogens is 343 g/mol. The Kier molecular flexibility index (Phi) is 12.2. The quantitative estimate of drug-likeness (QED) is 0.215. The van der Waals surface area contributed by atoms with Crippen molar-refractivity contribution in [1.29, 1.82) is 0 Å². The highest BCUT2D eigenvalue weighted by atomic mass is 31.2. The molecule has 25 heavy (non-hydrogen) atoms. The van der Waals surface area contributed by atoms with E-state index in [-0.39, 0.29) is 12.3 Å². The molecule has 0 unspecified atom stereocenters. The highest BCUT2D eigenvalue weighted by molar-refractivity contribution is 7.57. The summed E-state index contributed by atoms with van der Waals surface area (Å²) in [5.41, 5.74) is 0.739. The van der Waals surface area contributed by atoms with Crippen molar-refractivity contribution < 1.29 is 28.5 Å². The van der Waals surface area contributed by atoms with E-state index in [1.54, 1.807) is 13.8 Å². The maximum atomic E-state index is 12.0. The minimum absolute atomic E-state index is 0.284. The minimum Gasteiger partial charge on any atom is -0.462 e. The molecule has 1 N–H and O–H groups in total. The number of hydrogen-bond acceptors (Lipinski definition) is 5. The molecule has 0 saturated carbocycles. The van der Waals surface area contributed by atoms with Crippen molar-refractivity contribution in [3.8, 4) is 0 Å². The average Bonchev–Trinajstić information content (AvgIpc) is 2.53. The highest BCUT2D eigenvalue weighted by Gasteiger charge is 2.16. The fraction of sp³-hybridized carbons (Fsp3) is 0.667. The fourth-order valence-electron chi connectivity index (χ4n) is 1.96. The van der Waals surface area contributed by atoms with Crippen molar-refractivity contribution in [3.05, 3.63) is 24.3 Å². The van der Waals surface area contributed by atoms with E-state index in [0.29, 0.717) is 50.0 Å². The number of unbranched alkanes of at least 4 members (excludes halogenated alkanes) is 4. The second-order valence-corrected chi connectivity index (χ2v) is 8.83. The molecule has 0 rings (SSSR count). The first-order chi connectivity index (χ1) is 11.7. The van der Waals surface area contributed by atoms with Crippen molar-refractivity contribution in [3.63, 3.8) is 0 Å². The Bertz CT molecular complexity index is 470. The summed E-state index contributed by atoms with van der Waals surface area (Å²) < 4.78 is 22.0. The lowest BCUT2D eigenvalue weighted by Crippen LogP contribution is -2.06. The molecule has 0 aliphatic carbocycles. The van der Waals surface area contributed by atoms with Crippen LogP contribution in [0, 0.1) is 0 Å². The van der Waals surface area contributed by atoms with Gasteiger partial charge in [-0.25, -0.2) is 9.59 Å². The third-order valence-electron chi connectivity index (χ3n) is 3.47. The number of ether oxygens (including phenoxy) is 2. The summed E-state index contributed by atoms with van der Waals surface area (Å²) in [6.45, 7) is 10.8. The zero-order chi connectivity index (χ0) is 19.3. The fourth-order valence-corrected chi connectivity index (χ4v) is 3.62. The second-order valence-electron chi connectivity index (χ2n) is 6.25. The van der Waals surface area contributed by atoms with Crippen molar-refractivity contribution in [1.82, 2.24) is 0 Å². The van der Waals surface area contributed by atoms with Crippen LogP contribution in [0.4, 0.5) is 0 Å². The lowest BCUT2D eigenvalue weighted by molar-refractivity contribution is -0.139. The van der Waals surface area contributed by atoms with E-state index in [1.165, 1.54) is 0 Å². The first kappa shape index (κ1) is 23.6. The summed E-state index contributed by atoms with van der Waals surface area (Å²) in [6, 6.07) is 0. The van der Waals surface area contributed by atoms with Gasteiger partial charge in [0.2, 0.25) is 7.37 Å². The number of esters is 2. The van der Waals surface area contributed by atoms with E-state index < -0.39 is 19.3 Å². The molecule has 0 bridgehead atoms. The molecule has 0 aromatic heterocycles. The normalized spacial score (nSPS) is 11.0. The van der Waals surface area contributed by atoms with Crippen LogP contribution < -0.4 is 0 Å². The van der Waals surface area contributed by atoms with E-state index >= 15 is 0 Å². The Morgan fingerprint density at radius 3 is 1.48 bits per heavy atom. The van der Waals surface area contributed by atoms with Gasteiger partial charge in [0.1, 0.15) is 0 Å². The standard InChI is InChI=1S/C18H31O6P/c1-15(2)17(19)23-11-7-5-9-13-25(21,22)14-10-6-8-12-24-18(20)16(3)4/h1,3,5-14H2,2,4H3,(H,21,22). The van der Waals surface area contributed by atoms with Crippen molar-refractivity contribution in [2.45, 2.75) is 52.4 Å². The van der Waals surface area contributed by atoms with Crippen LogP contribution in [0.1, 0.15) is 52.4 Å². The SMILES string of the molecule is C=C(C)C(=O)OCCCCCP(=O)(O)CCCCCOC(=O)C(=C)C. The van der Waals surface area contributed by atoms with Crippen LogP contribution >= 0.6 is 7.37 Å². The number of carbonyl (C=O) groups excluding carboxylic acids is 2. The Balaban J connectivity index is 3.63. The highest BCUT2D eigenvalue weighted by Crippen LogP contribution is 2.42. The Morgan fingerprint density at radius 2 is 1.16 bits per heavy atom. The maximum absolute atomic E-state index is 12.0. The van der Waals surface area contributed by atoms with E-state index in [0.717, 1.165) is 12.8 Å². The molecule has 6 nitrogen and oxygen atoms in total. The summed E-state index contributed by atoms with van der Waals surface area (Å²) in [5.74, 6) is -0.802. The summed E-state index contributed by atoms with van der Waals surface area (Å²) in [5, 5.41) is 0. The van der Waals surface area contributed by atoms with Crippen LogP contribution in [0.5, 0.6) is 0 Å². The summed E-state index contributed by atoms with van der Waals surface area (Å²) >= 11 is 0.